The molecule has 2 unspecified atom stereocenters. The van der Waals surface area contributed by atoms with Gasteiger partial charge in [-0.05, 0) is 37.5 Å². The van der Waals surface area contributed by atoms with Crippen molar-refractivity contribution in [3.8, 4) is 0 Å². The molecule has 0 aliphatic carbocycles. The number of unbranched alkanes of at least 4 members (excludes halogenated alkanes) is 44. The van der Waals surface area contributed by atoms with Gasteiger partial charge >= 0.3 is 39.5 Å². The summed E-state index contributed by atoms with van der Waals surface area (Å²) in [6, 6.07) is 0. The summed E-state index contributed by atoms with van der Waals surface area (Å²) in [4.78, 5) is 72.8. The summed E-state index contributed by atoms with van der Waals surface area (Å²) in [5.41, 5.74) is 0. The van der Waals surface area contributed by atoms with E-state index in [0.29, 0.717) is 25.7 Å². The lowest BCUT2D eigenvalue weighted by Gasteiger charge is -2.21. The molecule has 0 radical (unpaired) electrons. The van der Waals surface area contributed by atoms with Crippen LogP contribution in [0.4, 0.5) is 0 Å². The molecule has 0 amide bonds. The topological polar surface area (TPSA) is 237 Å². The van der Waals surface area contributed by atoms with Crippen molar-refractivity contribution < 1.29 is 80.2 Å². The fraction of sp³-hybridized carbons (Fsp3) is 0.947. The zero-order valence-electron chi connectivity index (χ0n) is 61.3. The maximum absolute atomic E-state index is 13.1. The third-order valence-electron chi connectivity index (χ3n) is 17.5. The van der Waals surface area contributed by atoms with Crippen LogP contribution in [0.5, 0.6) is 0 Å². The normalized spacial score (nSPS) is 14.0. The van der Waals surface area contributed by atoms with Crippen LogP contribution in [0.1, 0.15) is 388 Å². The number of ether oxygens (including phenoxy) is 4. The lowest BCUT2D eigenvalue weighted by Crippen LogP contribution is -2.30. The van der Waals surface area contributed by atoms with Gasteiger partial charge in [-0.3, -0.25) is 37.3 Å². The van der Waals surface area contributed by atoms with Crippen molar-refractivity contribution in [2.24, 2.45) is 11.8 Å². The molecule has 19 heteroatoms. The Morgan fingerprint density at radius 1 is 0.287 bits per heavy atom. The number of hydrogen-bond donors (Lipinski definition) is 3. The maximum atomic E-state index is 13.1. The van der Waals surface area contributed by atoms with Crippen molar-refractivity contribution in [3.05, 3.63) is 0 Å². The summed E-state index contributed by atoms with van der Waals surface area (Å²) in [7, 11) is -9.91. The molecule has 3 N–H and O–H groups in total. The van der Waals surface area contributed by atoms with E-state index in [-0.39, 0.29) is 25.7 Å². The highest BCUT2D eigenvalue weighted by Crippen LogP contribution is 2.45. The second kappa shape index (κ2) is 66.9. The quantitative estimate of drug-likeness (QED) is 0.0222. The van der Waals surface area contributed by atoms with Gasteiger partial charge in [0.1, 0.15) is 19.3 Å². The maximum Gasteiger partial charge on any atom is 0.472 e. The molecular weight excluding hydrogens is 1230 g/mol. The molecule has 0 aromatic rings. The van der Waals surface area contributed by atoms with Crippen LogP contribution < -0.4 is 0 Å². The third kappa shape index (κ3) is 68.6. The van der Waals surface area contributed by atoms with E-state index < -0.39 is 97.5 Å². The van der Waals surface area contributed by atoms with Gasteiger partial charge in [0.25, 0.3) is 0 Å². The van der Waals surface area contributed by atoms with Gasteiger partial charge in [-0.15, -0.1) is 0 Å². The molecule has 0 bridgehead atoms. The predicted octanol–water partition coefficient (Wildman–Crippen LogP) is 21.9. The molecule has 0 aliphatic rings. The molecule has 558 valence electrons. The highest BCUT2D eigenvalue weighted by Gasteiger charge is 2.30. The summed E-state index contributed by atoms with van der Waals surface area (Å²) >= 11 is 0. The molecule has 0 fully saturated rings. The molecule has 0 rings (SSSR count). The lowest BCUT2D eigenvalue weighted by atomic mass is 10.0. The van der Waals surface area contributed by atoms with Crippen LogP contribution in [-0.4, -0.2) is 96.7 Å². The monoisotopic (exact) mass is 1380 g/mol. The van der Waals surface area contributed by atoms with Gasteiger partial charge in [-0.25, -0.2) is 9.13 Å². The molecule has 17 nitrogen and oxygen atoms in total. The van der Waals surface area contributed by atoms with Gasteiger partial charge in [0.2, 0.25) is 0 Å². The van der Waals surface area contributed by atoms with E-state index >= 15 is 0 Å². The fourth-order valence-corrected chi connectivity index (χ4v) is 13.1. The largest absolute Gasteiger partial charge is 0.472 e. The first-order chi connectivity index (χ1) is 45.4. The predicted molar refractivity (Wildman–Crippen MR) is 381 cm³/mol. The van der Waals surface area contributed by atoms with E-state index in [2.05, 4.69) is 41.5 Å². The number of hydrogen-bond acceptors (Lipinski definition) is 15. The van der Waals surface area contributed by atoms with Crippen LogP contribution in [0.3, 0.4) is 0 Å². The van der Waals surface area contributed by atoms with E-state index in [1.54, 1.807) is 0 Å². The number of carbonyl (C=O) groups is 4. The lowest BCUT2D eigenvalue weighted by molar-refractivity contribution is -0.161. The van der Waals surface area contributed by atoms with Crippen molar-refractivity contribution in [3.63, 3.8) is 0 Å². The molecule has 0 saturated carbocycles. The molecule has 0 aromatic heterocycles. The van der Waals surface area contributed by atoms with E-state index in [9.17, 15) is 43.2 Å². The van der Waals surface area contributed by atoms with Gasteiger partial charge in [0.05, 0.1) is 26.4 Å². The van der Waals surface area contributed by atoms with Crippen molar-refractivity contribution in [2.75, 3.05) is 39.6 Å². The smallest absolute Gasteiger partial charge is 0.462 e. The summed E-state index contributed by atoms with van der Waals surface area (Å²) in [5.74, 6) is -0.617. The minimum absolute atomic E-state index is 0.107. The number of phosphoric ester groups is 2. The summed E-state index contributed by atoms with van der Waals surface area (Å²) < 4.78 is 68.5. The summed E-state index contributed by atoms with van der Waals surface area (Å²) in [6.45, 7) is 9.57. The van der Waals surface area contributed by atoms with Crippen LogP contribution in [0.15, 0.2) is 0 Å². The molecule has 0 aliphatic heterocycles. The van der Waals surface area contributed by atoms with Crippen LogP contribution >= 0.6 is 15.6 Å². The number of phosphoric acid groups is 2. The Balaban J connectivity index is 5.26. The molecule has 94 heavy (non-hydrogen) atoms. The highest BCUT2D eigenvalue weighted by atomic mass is 31.2. The summed E-state index contributed by atoms with van der Waals surface area (Å²) in [6.07, 6.45) is 54.0. The molecule has 0 saturated heterocycles. The second-order valence-corrected chi connectivity index (χ2v) is 30.9. The van der Waals surface area contributed by atoms with Crippen molar-refractivity contribution in [1.82, 2.24) is 0 Å². The third-order valence-corrected chi connectivity index (χ3v) is 19.4. The Hall–Kier alpha value is -1.94. The minimum Gasteiger partial charge on any atom is -0.462 e. The number of carbonyl (C=O) groups excluding carboxylic acids is 4. The van der Waals surface area contributed by atoms with Gasteiger partial charge in [0.15, 0.2) is 12.2 Å². The van der Waals surface area contributed by atoms with E-state index in [4.69, 9.17) is 37.0 Å². The zero-order chi connectivity index (χ0) is 69.3. The van der Waals surface area contributed by atoms with Crippen LogP contribution in [0, 0.1) is 11.8 Å². The van der Waals surface area contributed by atoms with Gasteiger partial charge in [-0.1, -0.05) is 337 Å². The van der Waals surface area contributed by atoms with Crippen molar-refractivity contribution in [1.29, 1.82) is 0 Å². The standard InChI is InChI=1S/C75H146O17P2/c1-7-9-11-13-15-17-19-21-22-23-25-29-34-42-48-54-60-75(80)91-70(63-85-72(77)57-51-45-39-32-30-26-27-31-37-43-49-55-67(3)4)65-89-93(81,82)87-61-69(76)62-88-94(83,84)90-66-71(64-86-73(78)58-52-46-40-36-35-38-44-50-56-68(5)6)92-74(79)59-53-47-41-33-28-24-20-18-16-14-12-10-8-2/h67-71,76H,7-66H2,1-6H3,(H,81,82)(H,83,84)/t69-,70-,71-/m1/s1. The van der Waals surface area contributed by atoms with E-state index in [1.165, 1.54) is 205 Å². The number of rotatable bonds is 74. The molecule has 0 aromatic carbocycles. The van der Waals surface area contributed by atoms with Crippen LogP contribution in [0.25, 0.3) is 0 Å². The Morgan fingerprint density at radius 3 is 0.723 bits per heavy atom. The number of aliphatic hydroxyl groups excluding tert-OH is 1. The summed E-state index contributed by atoms with van der Waals surface area (Å²) in [5, 5.41) is 10.6. The van der Waals surface area contributed by atoms with Gasteiger partial charge in [0, 0.05) is 25.7 Å². The fourth-order valence-electron chi connectivity index (χ4n) is 11.5. The van der Waals surface area contributed by atoms with Gasteiger partial charge < -0.3 is 33.8 Å². The first-order valence-corrected chi connectivity index (χ1v) is 42.0. The molecule has 5 atom stereocenters. The molecule has 0 heterocycles. The zero-order valence-corrected chi connectivity index (χ0v) is 63.1. The van der Waals surface area contributed by atoms with Crippen LogP contribution in [-0.2, 0) is 65.4 Å². The Morgan fingerprint density at radius 2 is 0.489 bits per heavy atom. The first kappa shape index (κ1) is 92.1. The SMILES string of the molecule is CCCCCCCCCCCCCCCCCCC(=O)O[C@H](COC(=O)CCCCCCCCCCCCCC(C)C)COP(=O)(O)OC[C@@H](O)COP(=O)(O)OC[C@@H](COC(=O)CCCCCCCCCCC(C)C)OC(=O)CCCCCCCCCCCCCCC. The average Bonchev–Trinajstić information content (AvgIpc) is 1.36. The minimum atomic E-state index is -4.96. The van der Waals surface area contributed by atoms with Crippen molar-refractivity contribution in [2.45, 2.75) is 407 Å². The average molecular weight is 1380 g/mol. The molecular formula is C75H146O17P2. The Labute approximate surface area is 575 Å². The first-order valence-electron chi connectivity index (χ1n) is 39.0. The van der Waals surface area contributed by atoms with E-state index in [0.717, 1.165) is 102 Å². The van der Waals surface area contributed by atoms with E-state index in [1.807, 2.05) is 0 Å². The second-order valence-electron chi connectivity index (χ2n) is 28.0. The highest BCUT2D eigenvalue weighted by molar-refractivity contribution is 7.47. The Kier molecular flexibility index (Phi) is 65.5. The molecule has 0 spiro atoms. The number of esters is 4. The number of aliphatic hydroxyl groups is 1. The van der Waals surface area contributed by atoms with Gasteiger partial charge in [-0.2, -0.15) is 0 Å². The van der Waals surface area contributed by atoms with Crippen LogP contribution in [0.2, 0.25) is 0 Å². The Bertz CT molecular complexity index is 1820. The van der Waals surface area contributed by atoms with Crippen molar-refractivity contribution >= 4 is 39.5 Å².